The molecule has 0 amide bonds. The Kier molecular flexibility index (Phi) is 4.80. The molecule has 0 radical (unpaired) electrons. The maximum atomic E-state index is 11.5. The van der Waals surface area contributed by atoms with Gasteiger partial charge in [0.25, 0.3) is 0 Å². The molecule has 26 heavy (non-hydrogen) atoms. The van der Waals surface area contributed by atoms with Crippen LogP contribution in [0.5, 0.6) is 0 Å². The van der Waals surface area contributed by atoms with Crippen LogP contribution in [0.3, 0.4) is 0 Å². The molecule has 3 heterocycles. The monoisotopic (exact) mass is 415 g/mol. The van der Waals surface area contributed by atoms with Gasteiger partial charge in [0, 0.05) is 35.9 Å². The average molecular weight is 416 g/mol. The fraction of sp³-hybridized carbons (Fsp3) is 0.421. The number of pyridine rings is 1. The Morgan fingerprint density at radius 1 is 1.46 bits per heavy atom. The Balaban J connectivity index is 1.68. The van der Waals surface area contributed by atoms with Gasteiger partial charge in [-0.05, 0) is 47.2 Å². The van der Waals surface area contributed by atoms with Crippen LogP contribution in [0.2, 0.25) is 0 Å². The third-order valence-corrected chi connectivity index (χ3v) is 5.86. The highest BCUT2D eigenvalue weighted by molar-refractivity contribution is 9.10. The van der Waals surface area contributed by atoms with Crippen molar-refractivity contribution >= 4 is 27.4 Å². The molecule has 1 fully saturated rings. The third kappa shape index (κ3) is 3.28. The summed E-state index contributed by atoms with van der Waals surface area (Å²) in [5.41, 5.74) is 2.88. The molecule has 0 bridgehead atoms. The second-order valence-corrected chi connectivity index (χ2v) is 7.78. The SMILES string of the molecule is CCC(c1cc(NCc2ccc[n+]([O-])c2)n2ncc(Br)c2n1)C1CCC1. The van der Waals surface area contributed by atoms with Crippen LogP contribution in [0.4, 0.5) is 5.82 Å². The van der Waals surface area contributed by atoms with Crippen LogP contribution in [-0.4, -0.2) is 14.6 Å². The molecule has 4 rings (SSSR count). The van der Waals surface area contributed by atoms with E-state index in [-0.39, 0.29) is 0 Å². The van der Waals surface area contributed by atoms with Crippen LogP contribution in [0.25, 0.3) is 5.65 Å². The van der Waals surface area contributed by atoms with Crippen molar-refractivity contribution in [1.29, 1.82) is 0 Å². The highest BCUT2D eigenvalue weighted by atomic mass is 79.9. The molecule has 0 spiro atoms. The zero-order valence-corrected chi connectivity index (χ0v) is 16.3. The van der Waals surface area contributed by atoms with Gasteiger partial charge in [-0.15, -0.1) is 0 Å². The summed E-state index contributed by atoms with van der Waals surface area (Å²) in [5.74, 6) is 2.12. The summed E-state index contributed by atoms with van der Waals surface area (Å²) in [6, 6.07) is 5.81. The number of hydrogen-bond donors (Lipinski definition) is 1. The lowest BCUT2D eigenvalue weighted by Crippen LogP contribution is -2.25. The summed E-state index contributed by atoms with van der Waals surface area (Å²) in [6.45, 7) is 2.80. The number of halogens is 1. The molecule has 1 aliphatic carbocycles. The minimum atomic E-state index is 0.483. The summed E-state index contributed by atoms with van der Waals surface area (Å²) in [4.78, 5) is 4.90. The lowest BCUT2D eigenvalue weighted by atomic mass is 9.73. The number of anilines is 1. The van der Waals surface area contributed by atoms with Gasteiger partial charge in [-0.2, -0.15) is 14.3 Å². The molecule has 3 aromatic heterocycles. The lowest BCUT2D eigenvalue weighted by molar-refractivity contribution is -0.605. The average Bonchev–Trinajstić information content (AvgIpc) is 2.97. The first-order valence-corrected chi connectivity index (χ1v) is 9.90. The summed E-state index contributed by atoms with van der Waals surface area (Å²) in [6.07, 6.45) is 9.84. The van der Waals surface area contributed by atoms with Crippen LogP contribution in [0, 0.1) is 11.1 Å². The number of nitrogens with zero attached hydrogens (tertiary/aromatic N) is 4. The molecule has 1 N–H and O–H groups in total. The number of rotatable bonds is 6. The largest absolute Gasteiger partial charge is 0.619 e. The van der Waals surface area contributed by atoms with Gasteiger partial charge in [0.15, 0.2) is 18.0 Å². The van der Waals surface area contributed by atoms with E-state index in [1.165, 1.54) is 25.5 Å². The first-order chi connectivity index (χ1) is 12.7. The molecule has 1 saturated carbocycles. The van der Waals surface area contributed by atoms with Crippen molar-refractivity contribution in [3.05, 3.63) is 57.7 Å². The van der Waals surface area contributed by atoms with E-state index in [1.54, 1.807) is 18.5 Å². The van der Waals surface area contributed by atoms with E-state index in [1.807, 2.05) is 10.6 Å². The van der Waals surface area contributed by atoms with Gasteiger partial charge in [-0.3, -0.25) is 0 Å². The number of hydrogen-bond acceptors (Lipinski definition) is 4. The fourth-order valence-electron chi connectivity index (χ4n) is 3.70. The number of fused-ring (bicyclic) bond motifs is 1. The van der Waals surface area contributed by atoms with Crippen molar-refractivity contribution in [2.24, 2.45) is 5.92 Å². The molecule has 6 nitrogen and oxygen atoms in total. The first-order valence-electron chi connectivity index (χ1n) is 9.11. The third-order valence-electron chi connectivity index (χ3n) is 5.30. The Bertz CT molecular complexity index is 921. The first kappa shape index (κ1) is 17.3. The van der Waals surface area contributed by atoms with Crippen molar-refractivity contribution in [3.63, 3.8) is 0 Å². The molecular formula is C19H22BrN5O. The smallest absolute Gasteiger partial charge is 0.185 e. The van der Waals surface area contributed by atoms with Crippen molar-refractivity contribution in [2.75, 3.05) is 5.32 Å². The predicted octanol–water partition coefficient (Wildman–Crippen LogP) is 4.03. The summed E-state index contributed by atoms with van der Waals surface area (Å²) >= 11 is 3.56. The molecule has 1 atom stereocenters. The van der Waals surface area contributed by atoms with Gasteiger partial charge in [0.1, 0.15) is 5.82 Å². The van der Waals surface area contributed by atoms with Crippen LogP contribution < -0.4 is 10.0 Å². The standard InChI is InChI=1S/C19H22BrN5O/c1-2-15(14-6-3-7-14)17-9-18(25-19(23-17)16(20)11-22-25)21-10-13-5-4-8-24(26)12-13/h4-5,8-9,11-12,14-15,21H,2-3,6-7,10H2,1H3. The maximum Gasteiger partial charge on any atom is 0.185 e. The molecule has 0 aliphatic heterocycles. The molecule has 3 aromatic rings. The van der Waals surface area contributed by atoms with Gasteiger partial charge in [-0.25, -0.2) is 4.98 Å². The minimum Gasteiger partial charge on any atom is -0.619 e. The van der Waals surface area contributed by atoms with E-state index in [0.717, 1.165) is 44.3 Å². The minimum absolute atomic E-state index is 0.483. The molecule has 7 heteroatoms. The van der Waals surface area contributed by atoms with Gasteiger partial charge >= 0.3 is 0 Å². The van der Waals surface area contributed by atoms with E-state index in [0.29, 0.717) is 12.5 Å². The fourth-order valence-corrected chi connectivity index (χ4v) is 4.04. The molecule has 136 valence electrons. The van der Waals surface area contributed by atoms with Gasteiger partial charge < -0.3 is 10.5 Å². The van der Waals surface area contributed by atoms with Gasteiger partial charge in [0.2, 0.25) is 0 Å². The van der Waals surface area contributed by atoms with Crippen LogP contribution in [0.1, 0.15) is 49.8 Å². The Morgan fingerprint density at radius 3 is 3.00 bits per heavy atom. The molecule has 0 aromatic carbocycles. The van der Waals surface area contributed by atoms with Crippen LogP contribution in [0.15, 0.2) is 41.3 Å². The summed E-state index contributed by atoms with van der Waals surface area (Å²) < 4.78 is 3.52. The van der Waals surface area contributed by atoms with E-state index >= 15 is 0 Å². The molecule has 1 aliphatic rings. The Labute approximate surface area is 161 Å². The molecular weight excluding hydrogens is 394 g/mol. The van der Waals surface area contributed by atoms with Gasteiger partial charge in [0.05, 0.1) is 10.7 Å². The zero-order valence-electron chi connectivity index (χ0n) is 14.7. The molecule has 0 saturated heterocycles. The van der Waals surface area contributed by atoms with Crippen molar-refractivity contribution < 1.29 is 4.73 Å². The van der Waals surface area contributed by atoms with E-state index in [9.17, 15) is 5.21 Å². The normalized spacial score (nSPS) is 15.8. The van der Waals surface area contributed by atoms with Crippen LogP contribution >= 0.6 is 15.9 Å². The van der Waals surface area contributed by atoms with Crippen molar-refractivity contribution in [3.8, 4) is 0 Å². The van der Waals surface area contributed by atoms with E-state index < -0.39 is 0 Å². The second-order valence-electron chi connectivity index (χ2n) is 6.93. The highest BCUT2D eigenvalue weighted by Crippen LogP contribution is 2.41. The topological polar surface area (TPSA) is 69.2 Å². The summed E-state index contributed by atoms with van der Waals surface area (Å²) in [7, 11) is 0. The Hall–Kier alpha value is -2.15. The number of nitrogens with one attached hydrogen (secondary N) is 1. The van der Waals surface area contributed by atoms with Crippen LogP contribution in [-0.2, 0) is 6.54 Å². The van der Waals surface area contributed by atoms with Crippen molar-refractivity contribution in [2.45, 2.75) is 45.1 Å². The second kappa shape index (κ2) is 7.23. The van der Waals surface area contributed by atoms with Crippen molar-refractivity contribution in [1.82, 2.24) is 14.6 Å². The quantitative estimate of drug-likeness (QED) is 0.487. The maximum absolute atomic E-state index is 11.5. The van der Waals surface area contributed by atoms with Gasteiger partial charge in [-0.1, -0.05) is 13.3 Å². The summed E-state index contributed by atoms with van der Waals surface area (Å²) in [5, 5.41) is 19.3. The van der Waals surface area contributed by atoms with E-state index in [4.69, 9.17) is 4.98 Å². The predicted molar refractivity (Wildman–Crippen MR) is 104 cm³/mol. The highest BCUT2D eigenvalue weighted by Gasteiger charge is 2.29. The Morgan fingerprint density at radius 2 is 2.31 bits per heavy atom. The lowest BCUT2D eigenvalue weighted by Gasteiger charge is -2.33. The van der Waals surface area contributed by atoms with E-state index in [2.05, 4.69) is 39.3 Å². The zero-order chi connectivity index (χ0) is 18.1. The molecule has 1 unspecified atom stereocenters. The number of aromatic nitrogens is 4.